The zero-order valence-electron chi connectivity index (χ0n) is 24.3. The highest BCUT2D eigenvalue weighted by atomic mass is 35.5. The summed E-state index contributed by atoms with van der Waals surface area (Å²) in [6.07, 6.45) is 4.82. The molecular weight excluding hydrogens is 550 g/mol. The smallest absolute Gasteiger partial charge is 0.328 e. The van der Waals surface area contributed by atoms with Gasteiger partial charge in [0.1, 0.15) is 18.1 Å². The highest BCUT2D eigenvalue weighted by Gasteiger charge is 2.31. The minimum atomic E-state index is -0.979. The predicted molar refractivity (Wildman–Crippen MR) is 156 cm³/mol. The van der Waals surface area contributed by atoms with Crippen LogP contribution in [0.1, 0.15) is 52.5 Å². The van der Waals surface area contributed by atoms with E-state index in [1.54, 1.807) is 45.9 Å². The monoisotopic (exact) mass is 591 g/mol. The zero-order chi connectivity index (χ0) is 30.5. The van der Waals surface area contributed by atoms with Crippen molar-refractivity contribution in [2.24, 2.45) is 11.8 Å². The highest BCUT2D eigenvalue weighted by Crippen LogP contribution is 2.17. The van der Waals surface area contributed by atoms with Crippen molar-refractivity contribution in [2.45, 2.75) is 77.5 Å². The molecule has 1 heterocycles. The number of halogens is 1. The molecular formula is C29H42ClN5O6. The van der Waals surface area contributed by atoms with E-state index >= 15 is 0 Å². The molecule has 0 aliphatic carbocycles. The SMILES string of the molecule is COC(=O)C(NC(=O)NC(C(=O)N[C@H]1CCCCNC(=O)/C=C/[C@H](Cc2ccccc2Cl)NC1=O)C(C)C)C(C)C. The fourth-order valence-corrected chi connectivity index (χ4v) is 4.53. The van der Waals surface area contributed by atoms with Gasteiger partial charge in [0.05, 0.1) is 13.2 Å². The van der Waals surface area contributed by atoms with Gasteiger partial charge in [-0.05, 0) is 49.1 Å². The van der Waals surface area contributed by atoms with Gasteiger partial charge in [0.25, 0.3) is 0 Å². The van der Waals surface area contributed by atoms with Gasteiger partial charge in [-0.15, -0.1) is 0 Å². The molecule has 0 radical (unpaired) electrons. The second kappa shape index (κ2) is 16.6. The van der Waals surface area contributed by atoms with Crippen LogP contribution in [0.4, 0.5) is 4.79 Å². The van der Waals surface area contributed by atoms with Crippen molar-refractivity contribution in [3.63, 3.8) is 0 Å². The fraction of sp³-hybridized carbons (Fsp3) is 0.552. The molecule has 1 aromatic rings. The van der Waals surface area contributed by atoms with Crippen molar-refractivity contribution in [1.29, 1.82) is 0 Å². The summed E-state index contributed by atoms with van der Waals surface area (Å²) >= 11 is 6.33. The van der Waals surface area contributed by atoms with Crippen LogP contribution in [0.15, 0.2) is 36.4 Å². The first-order valence-corrected chi connectivity index (χ1v) is 14.3. The lowest BCUT2D eigenvalue weighted by Gasteiger charge is -2.28. The number of carbonyl (C=O) groups excluding carboxylic acids is 5. The van der Waals surface area contributed by atoms with Gasteiger partial charge in [-0.3, -0.25) is 14.4 Å². The summed E-state index contributed by atoms with van der Waals surface area (Å²) in [4.78, 5) is 63.8. The molecule has 4 atom stereocenters. The Labute approximate surface area is 246 Å². The summed E-state index contributed by atoms with van der Waals surface area (Å²) in [7, 11) is 1.23. The number of nitrogens with one attached hydrogen (secondary N) is 5. The van der Waals surface area contributed by atoms with E-state index in [1.807, 2.05) is 12.1 Å². The van der Waals surface area contributed by atoms with E-state index in [-0.39, 0.29) is 17.7 Å². The number of carbonyl (C=O) groups is 5. The van der Waals surface area contributed by atoms with Gasteiger partial charge in [-0.2, -0.15) is 0 Å². The van der Waals surface area contributed by atoms with Gasteiger partial charge in [-0.1, -0.05) is 63.6 Å². The Morgan fingerprint density at radius 3 is 2.32 bits per heavy atom. The van der Waals surface area contributed by atoms with Crippen LogP contribution < -0.4 is 26.6 Å². The number of esters is 1. The van der Waals surface area contributed by atoms with Crippen molar-refractivity contribution in [3.05, 3.63) is 47.0 Å². The topological polar surface area (TPSA) is 155 Å². The molecule has 1 aliphatic rings. The van der Waals surface area contributed by atoms with Gasteiger partial charge in [-0.25, -0.2) is 9.59 Å². The third-order valence-electron chi connectivity index (χ3n) is 6.70. The van der Waals surface area contributed by atoms with Crippen molar-refractivity contribution < 1.29 is 28.7 Å². The molecule has 1 aromatic carbocycles. The van der Waals surface area contributed by atoms with Crippen LogP contribution in [0.5, 0.6) is 0 Å². The molecule has 5 N–H and O–H groups in total. The number of benzene rings is 1. The maximum absolute atomic E-state index is 13.4. The third-order valence-corrected chi connectivity index (χ3v) is 7.07. The van der Waals surface area contributed by atoms with Crippen LogP contribution >= 0.6 is 11.6 Å². The van der Waals surface area contributed by atoms with Crippen molar-refractivity contribution in [1.82, 2.24) is 26.6 Å². The maximum atomic E-state index is 13.4. The quantitative estimate of drug-likeness (QED) is 0.277. The lowest BCUT2D eigenvalue weighted by atomic mass is 10.0. The minimum Gasteiger partial charge on any atom is -0.467 e. The van der Waals surface area contributed by atoms with Crippen molar-refractivity contribution >= 4 is 41.3 Å². The summed E-state index contributed by atoms with van der Waals surface area (Å²) in [6, 6.07) is 3.20. The number of hydrogen-bond donors (Lipinski definition) is 5. The average molecular weight is 592 g/mol. The first-order chi connectivity index (χ1) is 19.4. The number of amides is 5. The van der Waals surface area contributed by atoms with Crippen LogP contribution in [0, 0.1) is 11.8 Å². The first kappa shape index (κ1) is 33.6. The van der Waals surface area contributed by atoms with Gasteiger partial charge in [0, 0.05) is 17.6 Å². The van der Waals surface area contributed by atoms with E-state index in [1.165, 1.54) is 13.2 Å². The number of methoxy groups -OCH3 is 1. The van der Waals surface area contributed by atoms with E-state index in [4.69, 9.17) is 16.3 Å². The lowest BCUT2D eigenvalue weighted by molar-refractivity contribution is -0.144. The second-order valence-electron chi connectivity index (χ2n) is 10.7. The zero-order valence-corrected chi connectivity index (χ0v) is 25.0. The van der Waals surface area contributed by atoms with Crippen molar-refractivity contribution in [3.8, 4) is 0 Å². The number of rotatable bonds is 9. The van der Waals surface area contributed by atoms with Gasteiger partial charge < -0.3 is 31.3 Å². The van der Waals surface area contributed by atoms with E-state index in [0.29, 0.717) is 37.3 Å². The Bertz CT molecular complexity index is 1110. The van der Waals surface area contributed by atoms with E-state index < -0.39 is 48.0 Å². The molecule has 0 aromatic heterocycles. The number of hydrogen-bond acceptors (Lipinski definition) is 6. The number of ether oxygens (including phenoxy) is 1. The molecule has 11 nitrogen and oxygen atoms in total. The lowest BCUT2D eigenvalue weighted by Crippen LogP contribution is -2.59. The van der Waals surface area contributed by atoms with Gasteiger partial charge in [0.15, 0.2) is 0 Å². The first-order valence-electron chi connectivity index (χ1n) is 13.9. The molecule has 41 heavy (non-hydrogen) atoms. The Kier molecular flexibility index (Phi) is 13.6. The van der Waals surface area contributed by atoms with E-state index in [9.17, 15) is 24.0 Å². The average Bonchev–Trinajstić information content (AvgIpc) is 2.92. The summed E-state index contributed by atoms with van der Waals surface area (Å²) in [6.45, 7) is 7.47. The molecule has 0 saturated heterocycles. The summed E-state index contributed by atoms with van der Waals surface area (Å²) in [5, 5.41) is 14.3. The van der Waals surface area contributed by atoms with Crippen LogP contribution in [-0.2, 0) is 30.3 Å². The molecule has 1 aliphatic heterocycles. The standard InChI is InChI=1S/C29H42ClN5O6/c1-17(2)24(34-29(40)35-25(18(3)4)28(39)41-5)27(38)33-22-12-8-9-15-31-23(36)14-13-20(32-26(22)37)16-19-10-6-7-11-21(19)30/h6-7,10-11,13-14,17-18,20,22,24-25H,8-9,12,15-16H2,1-5H3,(H,31,36)(H,32,37)(H,33,38)(H2,34,35,40)/b14-13+/t20-,22+,24?,25?/m1/s1. The molecule has 5 amide bonds. The summed E-state index contributed by atoms with van der Waals surface area (Å²) in [5.41, 5.74) is 0.791. The normalized spacial score (nSPS) is 20.4. The molecule has 0 spiro atoms. The van der Waals surface area contributed by atoms with Crippen LogP contribution in [-0.4, -0.2) is 67.5 Å². The van der Waals surface area contributed by atoms with Crippen LogP contribution in [0.3, 0.4) is 0 Å². The largest absolute Gasteiger partial charge is 0.467 e. The van der Waals surface area contributed by atoms with Crippen molar-refractivity contribution in [2.75, 3.05) is 13.7 Å². The predicted octanol–water partition coefficient (Wildman–Crippen LogP) is 2.23. The van der Waals surface area contributed by atoms with Gasteiger partial charge >= 0.3 is 12.0 Å². The second-order valence-corrected chi connectivity index (χ2v) is 11.1. The summed E-state index contributed by atoms with van der Waals surface area (Å²) in [5.74, 6) is -2.37. The number of urea groups is 1. The molecule has 0 saturated carbocycles. The Balaban J connectivity index is 2.19. The third kappa shape index (κ3) is 11.1. The Morgan fingerprint density at radius 1 is 1.02 bits per heavy atom. The van der Waals surface area contributed by atoms with Crippen LogP contribution in [0.25, 0.3) is 0 Å². The molecule has 12 heteroatoms. The Morgan fingerprint density at radius 2 is 1.68 bits per heavy atom. The minimum absolute atomic E-state index is 0.239. The Hall–Kier alpha value is -3.60. The molecule has 2 unspecified atom stereocenters. The summed E-state index contributed by atoms with van der Waals surface area (Å²) < 4.78 is 4.76. The highest BCUT2D eigenvalue weighted by molar-refractivity contribution is 6.31. The molecule has 0 fully saturated rings. The molecule has 226 valence electrons. The van der Waals surface area contributed by atoms with Gasteiger partial charge in [0.2, 0.25) is 17.7 Å². The molecule has 2 rings (SSSR count). The van der Waals surface area contributed by atoms with E-state index in [0.717, 1.165) is 5.56 Å². The maximum Gasteiger partial charge on any atom is 0.328 e. The van der Waals surface area contributed by atoms with E-state index in [2.05, 4.69) is 26.6 Å². The molecule has 0 bridgehead atoms. The van der Waals surface area contributed by atoms with Crippen LogP contribution in [0.2, 0.25) is 5.02 Å². The fourth-order valence-electron chi connectivity index (χ4n) is 4.31.